The van der Waals surface area contributed by atoms with E-state index in [0.717, 1.165) is 0 Å². The molecule has 2 rings (SSSR count). The van der Waals surface area contributed by atoms with Crippen molar-refractivity contribution in [1.29, 1.82) is 0 Å². The van der Waals surface area contributed by atoms with E-state index in [2.05, 4.69) is 31.9 Å². The fraction of sp³-hybridized carbons (Fsp3) is 0.222. The number of hydrogen-bond donors (Lipinski definition) is 4. The van der Waals surface area contributed by atoms with E-state index in [1.807, 2.05) is 0 Å². The third-order valence-corrected chi connectivity index (χ3v) is 5.85. The van der Waals surface area contributed by atoms with Crippen LogP contribution in [0.25, 0.3) is 0 Å². The monoisotopic (exact) mass is 518 g/mol. The van der Waals surface area contributed by atoms with E-state index in [1.165, 1.54) is 30.3 Å². The third-order valence-electron chi connectivity index (χ3n) is 4.10. The number of aromatic carboxylic acids is 2. The maximum atomic E-state index is 11.1. The van der Waals surface area contributed by atoms with Crippen LogP contribution < -0.4 is 0 Å². The molecule has 150 valence electrons. The molecule has 2 unspecified atom stereocenters. The summed E-state index contributed by atoms with van der Waals surface area (Å²) in [5, 5.41) is 35.0. The molecular weight excluding hydrogens is 504 g/mol. The predicted octanol–water partition coefficient (Wildman–Crippen LogP) is 3.62. The number of allylic oxidation sites excluding steroid dienone is 1. The predicted molar refractivity (Wildman–Crippen MR) is 106 cm³/mol. The molecule has 10 heteroatoms. The van der Waals surface area contributed by atoms with Crippen molar-refractivity contribution in [2.24, 2.45) is 5.92 Å². The summed E-state index contributed by atoms with van der Waals surface area (Å²) in [6.45, 7) is 3.27. The van der Waals surface area contributed by atoms with E-state index in [1.54, 1.807) is 13.8 Å². The van der Waals surface area contributed by atoms with Crippen molar-refractivity contribution in [2.75, 3.05) is 0 Å². The van der Waals surface area contributed by atoms with Crippen LogP contribution in [0.2, 0.25) is 0 Å². The van der Waals surface area contributed by atoms with Crippen molar-refractivity contribution in [2.45, 2.75) is 18.2 Å². The van der Waals surface area contributed by atoms with Crippen molar-refractivity contribution >= 4 is 55.7 Å². The molecule has 0 saturated heterocycles. The number of rotatable bonds is 4. The van der Waals surface area contributed by atoms with Crippen LogP contribution in [0, 0.1) is 5.92 Å². The van der Waals surface area contributed by atoms with Crippen LogP contribution in [0.15, 0.2) is 46.0 Å². The fourth-order valence-corrected chi connectivity index (χ4v) is 3.62. The summed E-state index contributed by atoms with van der Waals surface area (Å²) in [5.41, 5.74) is 0.763. The van der Waals surface area contributed by atoms with Gasteiger partial charge in [0.05, 0.1) is 26.9 Å². The number of carbonyl (C=O) groups is 4. The zero-order valence-electron chi connectivity index (χ0n) is 14.6. The Balaban J connectivity index is 0.000000292. The molecule has 28 heavy (non-hydrogen) atoms. The Morgan fingerprint density at radius 1 is 0.893 bits per heavy atom. The molecule has 1 aromatic carbocycles. The summed E-state index contributed by atoms with van der Waals surface area (Å²) >= 11 is 6.39. The molecule has 0 bridgehead atoms. The van der Waals surface area contributed by atoms with Crippen LogP contribution in [0.5, 0.6) is 0 Å². The fourth-order valence-electron chi connectivity index (χ4n) is 2.36. The Morgan fingerprint density at radius 2 is 1.29 bits per heavy atom. The maximum Gasteiger partial charge on any atom is 0.336 e. The van der Waals surface area contributed by atoms with E-state index in [0.29, 0.717) is 10.1 Å². The van der Waals surface area contributed by atoms with Crippen LogP contribution >= 0.6 is 31.9 Å². The first kappa shape index (κ1) is 23.6. The van der Waals surface area contributed by atoms with Crippen LogP contribution in [-0.2, 0) is 9.59 Å². The molecule has 1 aromatic rings. The summed E-state index contributed by atoms with van der Waals surface area (Å²) in [7, 11) is 0. The molecule has 8 nitrogen and oxygen atoms in total. The smallest absolute Gasteiger partial charge is 0.336 e. The second-order valence-corrected chi connectivity index (χ2v) is 8.40. The number of alkyl halides is 1. The number of carboxylic acids is 4. The lowest BCUT2D eigenvalue weighted by molar-refractivity contribution is -0.141. The van der Waals surface area contributed by atoms with Gasteiger partial charge in [0.25, 0.3) is 0 Å². The Bertz CT molecular complexity index is 848. The Hall–Kier alpha value is -2.46. The number of hydrogen-bond acceptors (Lipinski definition) is 4. The van der Waals surface area contributed by atoms with E-state index in [9.17, 15) is 19.2 Å². The van der Waals surface area contributed by atoms with Gasteiger partial charge in [-0.15, -0.1) is 0 Å². The molecule has 0 spiro atoms. The normalized spacial score (nSPS) is 21.1. The summed E-state index contributed by atoms with van der Waals surface area (Å²) in [6.07, 6.45) is 1.40. The highest BCUT2D eigenvalue weighted by atomic mass is 79.9. The lowest BCUT2D eigenvalue weighted by atomic mass is 9.81. The van der Waals surface area contributed by atoms with E-state index < -0.39 is 34.1 Å². The first-order valence-electron chi connectivity index (χ1n) is 7.61. The summed E-state index contributed by atoms with van der Waals surface area (Å²) in [5.74, 6) is -5.00. The average molecular weight is 520 g/mol. The van der Waals surface area contributed by atoms with Crippen molar-refractivity contribution in [3.8, 4) is 0 Å². The summed E-state index contributed by atoms with van der Waals surface area (Å²) in [4.78, 5) is 42.8. The largest absolute Gasteiger partial charge is 0.481 e. The maximum absolute atomic E-state index is 11.1. The zero-order valence-corrected chi connectivity index (χ0v) is 17.8. The Kier molecular flexibility index (Phi) is 7.71. The SMILES string of the molecule is CC1=C(C(=O)O)C(Br)=CC(C(=O)O)C1(C)Br.O=C(O)c1ccc(C(=O)O)cc1. The third kappa shape index (κ3) is 5.29. The van der Waals surface area contributed by atoms with Crippen molar-refractivity contribution in [3.63, 3.8) is 0 Å². The molecule has 0 saturated carbocycles. The second kappa shape index (κ2) is 9.16. The van der Waals surface area contributed by atoms with Crippen LogP contribution in [0.4, 0.5) is 0 Å². The molecule has 2 atom stereocenters. The van der Waals surface area contributed by atoms with Gasteiger partial charge in [0.1, 0.15) is 0 Å². The lowest BCUT2D eigenvalue weighted by Gasteiger charge is -2.33. The molecular formula is C18H16Br2O8. The van der Waals surface area contributed by atoms with Gasteiger partial charge < -0.3 is 20.4 Å². The van der Waals surface area contributed by atoms with Gasteiger partial charge in [-0.05, 0) is 43.7 Å². The van der Waals surface area contributed by atoms with Gasteiger partial charge in [0.2, 0.25) is 0 Å². The van der Waals surface area contributed by atoms with Crippen molar-refractivity contribution in [1.82, 2.24) is 0 Å². The number of halogens is 2. The highest BCUT2D eigenvalue weighted by molar-refractivity contribution is 9.12. The molecule has 1 aliphatic carbocycles. The quantitative estimate of drug-likeness (QED) is 0.440. The lowest BCUT2D eigenvalue weighted by Crippen LogP contribution is -2.38. The van der Waals surface area contributed by atoms with Gasteiger partial charge in [-0.1, -0.05) is 37.9 Å². The number of aliphatic carboxylic acids is 2. The highest BCUT2D eigenvalue weighted by Crippen LogP contribution is 2.44. The second-order valence-electron chi connectivity index (χ2n) is 5.90. The van der Waals surface area contributed by atoms with Crippen LogP contribution in [-0.4, -0.2) is 48.6 Å². The Morgan fingerprint density at radius 3 is 1.57 bits per heavy atom. The summed E-state index contributed by atoms with van der Waals surface area (Å²) in [6, 6.07) is 5.02. The minimum absolute atomic E-state index is 0.0833. The molecule has 0 fully saturated rings. The number of benzene rings is 1. The first-order chi connectivity index (χ1) is 12.8. The van der Waals surface area contributed by atoms with Crippen LogP contribution in [0.3, 0.4) is 0 Å². The van der Waals surface area contributed by atoms with Gasteiger partial charge in [0, 0.05) is 4.48 Å². The van der Waals surface area contributed by atoms with Crippen molar-refractivity contribution in [3.05, 3.63) is 57.1 Å². The first-order valence-corrected chi connectivity index (χ1v) is 9.20. The topological polar surface area (TPSA) is 149 Å². The Labute approximate surface area is 176 Å². The standard InChI is InChI=1S/C10H10Br2O4.C8H6O4/c1-4-7(9(15)16)6(11)3-5(8(13)14)10(4,2)12;9-7(10)5-1-2-6(4-3-5)8(11)12/h3,5H,1-2H3,(H,13,14)(H,15,16);1-4H,(H,9,10)(H,11,12). The van der Waals surface area contributed by atoms with Crippen LogP contribution in [0.1, 0.15) is 34.6 Å². The molecule has 0 heterocycles. The molecule has 1 aliphatic rings. The van der Waals surface area contributed by atoms with E-state index in [4.69, 9.17) is 20.4 Å². The highest BCUT2D eigenvalue weighted by Gasteiger charge is 2.43. The molecule has 0 amide bonds. The molecule has 0 aromatic heterocycles. The number of carboxylic acid groups (broad SMARTS) is 4. The van der Waals surface area contributed by atoms with Gasteiger partial charge in [0.15, 0.2) is 0 Å². The van der Waals surface area contributed by atoms with Gasteiger partial charge in [-0.25, -0.2) is 14.4 Å². The molecule has 0 aliphatic heterocycles. The zero-order chi connectivity index (χ0) is 21.8. The minimum Gasteiger partial charge on any atom is -0.481 e. The average Bonchev–Trinajstić information content (AvgIpc) is 2.58. The minimum atomic E-state index is -1.07. The molecule has 4 N–H and O–H groups in total. The van der Waals surface area contributed by atoms with E-state index >= 15 is 0 Å². The van der Waals surface area contributed by atoms with Gasteiger partial charge in [-0.3, -0.25) is 4.79 Å². The molecule has 0 radical (unpaired) electrons. The van der Waals surface area contributed by atoms with E-state index in [-0.39, 0.29) is 16.7 Å². The van der Waals surface area contributed by atoms with Gasteiger partial charge in [-0.2, -0.15) is 0 Å². The van der Waals surface area contributed by atoms with Gasteiger partial charge >= 0.3 is 23.9 Å². The summed E-state index contributed by atoms with van der Waals surface area (Å²) < 4.78 is -0.578. The van der Waals surface area contributed by atoms with Crippen molar-refractivity contribution < 1.29 is 39.6 Å².